The Hall–Kier alpha value is -3.68. The summed E-state index contributed by atoms with van der Waals surface area (Å²) in [6.45, 7) is 3.12. The number of hydrogen-bond donors (Lipinski definition) is 2. The fraction of sp³-hybridized carbons (Fsp3) is 0.273. The minimum Gasteiger partial charge on any atom is -0.490 e. The Kier molecular flexibility index (Phi) is 6.03. The second-order valence-corrected chi connectivity index (χ2v) is 7.11. The number of nitrogens with zero attached hydrogens (tertiary/aromatic N) is 4. The molecule has 30 heavy (non-hydrogen) atoms. The monoisotopic (exact) mass is 404 g/mol. The highest BCUT2D eigenvalue weighted by molar-refractivity contribution is 5.89. The van der Waals surface area contributed by atoms with Gasteiger partial charge >= 0.3 is 0 Å². The van der Waals surface area contributed by atoms with E-state index in [-0.39, 0.29) is 12.0 Å². The van der Waals surface area contributed by atoms with Crippen molar-refractivity contribution in [2.75, 3.05) is 28.6 Å². The third-order valence-corrected chi connectivity index (χ3v) is 4.77. The number of rotatable bonds is 6. The largest absolute Gasteiger partial charge is 0.490 e. The van der Waals surface area contributed by atoms with Gasteiger partial charge in [-0.05, 0) is 30.3 Å². The number of nitrogens with one attached hydrogen (secondary N) is 2. The Morgan fingerprint density at radius 2 is 1.80 bits per heavy atom. The number of amides is 1. The molecule has 154 valence electrons. The summed E-state index contributed by atoms with van der Waals surface area (Å²) in [5.41, 5.74) is 1.50. The molecule has 3 aromatic rings. The van der Waals surface area contributed by atoms with Crippen LogP contribution in [0.25, 0.3) is 0 Å². The lowest BCUT2D eigenvalue weighted by atomic mass is 10.1. The van der Waals surface area contributed by atoms with Gasteiger partial charge in [-0.15, -0.1) is 0 Å². The van der Waals surface area contributed by atoms with Crippen LogP contribution in [-0.4, -0.2) is 40.1 Å². The molecule has 1 aromatic heterocycles. The first-order valence-corrected chi connectivity index (χ1v) is 9.96. The molecule has 0 atom stereocenters. The first-order chi connectivity index (χ1) is 14.7. The van der Waals surface area contributed by atoms with Crippen molar-refractivity contribution >= 4 is 29.2 Å². The Morgan fingerprint density at radius 1 is 1.03 bits per heavy atom. The van der Waals surface area contributed by atoms with Crippen molar-refractivity contribution in [1.82, 2.24) is 15.0 Å². The van der Waals surface area contributed by atoms with E-state index in [1.807, 2.05) is 54.6 Å². The van der Waals surface area contributed by atoms with Gasteiger partial charge in [0.25, 0.3) is 0 Å². The minimum atomic E-state index is -0.116. The zero-order valence-electron chi connectivity index (χ0n) is 16.8. The van der Waals surface area contributed by atoms with Crippen LogP contribution in [0, 0.1) is 0 Å². The molecule has 2 N–H and O–H groups in total. The van der Waals surface area contributed by atoms with E-state index in [2.05, 4.69) is 30.5 Å². The predicted octanol–water partition coefficient (Wildman–Crippen LogP) is 3.62. The van der Waals surface area contributed by atoms with E-state index >= 15 is 0 Å². The molecule has 0 spiro atoms. The van der Waals surface area contributed by atoms with Gasteiger partial charge in [0, 0.05) is 44.2 Å². The molecular formula is C22H24N6O2. The molecule has 8 heteroatoms. The summed E-state index contributed by atoms with van der Waals surface area (Å²) in [4.78, 5) is 26.5. The van der Waals surface area contributed by atoms with Crippen molar-refractivity contribution in [3.8, 4) is 5.75 Å². The van der Waals surface area contributed by atoms with E-state index < -0.39 is 0 Å². The van der Waals surface area contributed by atoms with Crippen molar-refractivity contribution in [1.29, 1.82) is 0 Å². The smallest absolute Gasteiger partial charge is 0.231 e. The van der Waals surface area contributed by atoms with Gasteiger partial charge in [-0.1, -0.05) is 24.3 Å². The number of ether oxygens (including phenoxy) is 1. The zero-order chi connectivity index (χ0) is 20.8. The number of anilines is 4. The fourth-order valence-electron chi connectivity index (χ4n) is 3.37. The highest BCUT2D eigenvalue weighted by Crippen LogP contribution is 2.22. The molecule has 1 aliphatic rings. The van der Waals surface area contributed by atoms with Crippen LogP contribution in [0.15, 0.2) is 60.9 Å². The molecular weight excluding hydrogens is 380 g/mol. The third kappa shape index (κ3) is 5.22. The van der Waals surface area contributed by atoms with Crippen molar-refractivity contribution in [3.63, 3.8) is 0 Å². The van der Waals surface area contributed by atoms with E-state index in [4.69, 9.17) is 4.74 Å². The molecule has 2 aromatic carbocycles. The molecule has 0 aliphatic carbocycles. The Balaban J connectivity index is 1.36. The van der Waals surface area contributed by atoms with Crippen LogP contribution in [0.3, 0.4) is 0 Å². The van der Waals surface area contributed by atoms with Crippen LogP contribution in [0.2, 0.25) is 0 Å². The second-order valence-electron chi connectivity index (χ2n) is 7.11. The maximum atomic E-state index is 11.2. The number of carbonyl (C=O) groups is 1. The summed E-state index contributed by atoms with van der Waals surface area (Å²) >= 11 is 0. The minimum absolute atomic E-state index is 0.116. The summed E-state index contributed by atoms with van der Waals surface area (Å²) in [7, 11) is 0. The van der Waals surface area contributed by atoms with E-state index in [9.17, 15) is 4.79 Å². The van der Waals surface area contributed by atoms with Gasteiger partial charge < -0.3 is 20.3 Å². The lowest BCUT2D eigenvalue weighted by molar-refractivity contribution is -0.114. The van der Waals surface area contributed by atoms with Crippen molar-refractivity contribution < 1.29 is 9.53 Å². The third-order valence-electron chi connectivity index (χ3n) is 4.77. The molecule has 0 saturated carbocycles. The van der Waals surface area contributed by atoms with Gasteiger partial charge in [0.1, 0.15) is 18.2 Å². The number of hydrogen-bond acceptors (Lipinski definition) is 7. The van der Waals surface area contributed by atoms with E-state index in [0.717, 1.165) is 37.4 Å². The van der Waals surface area contributed by atoms with Crippen LogP contribution in [-0.2, 0) is 4.79 Å². The van der Waals surface area contributed by atoms with Gasteiger partial charge in [-0.2, -0.15) is 4.98 Å². The topological polar surface area (TPSA) is 92.3 Å². The molecule has 4 rings (SSSR count). The van der Waals surface area contributed by atoms with Crippen LogP contribution < -0.4 is 20.3 Å². The maximum Gasteiger partial charge on any atom is 0.231 e. The van der Waals surface area contributed by atoms with Gasteiger partial charge in [0.05, 0.1) is 0 Å². The second kappa shape index (κ2) is 9.21. The number of piperidine rings is 1. The Bertz CT molecular complexity index is 990. The summed E-state index contributed by atoms with van der Waals surface area (Å²) in [5, 5.41) is 5.94. The van der Waals surface area contributed by atoms with E-state index in [1.165, 1.54) is 13.3 Å². The number of benzene rings is 2. The SMILES string of the molecule is CC(=O)Nc1cccc(Nc2ncnc(N3CCC(Oc4ccccc4)CC3)n2)c1. The summed E-state index contributed by atoms with van der Waals surface area (Å²) in [5.74, 6) is 1.89. The van der Waals surface area contributed by atoms with E-state index in [1.54, 1.807) is 0 Å². The highest BCUT2D eigenvalue weighted by atomic mass is 16.5. The lowest BCUT2D eigenvalue weighted by Crippen LogP contribution is -2.39. The quantitative estimate of drug-likeness (QED) is 0.648. The highest BCUT2D eigenvalue weighted by Gasteiger charge is 2.22. The van der Waals surface area contributed by atoms with Gasteiger partial charge in [-0.25, -0.2) is 9.97 Å². The number of aromatic nitrogens is 3. The molecule has 2 heterocycles. The van der Waals surface area contributed by atoms with Crippen LogP contribution in [0.5, 0.6) is 5.75 Å². The van der Waals surface area contributed by atoms with Crippen molar-refractivity contribution in [2.45, 2.75) is 25.9 Å². The predicted molar refractivity (Wildman–Crippen MR) is 116 cm³/mol. The molecule has 0 bridgehead atoms. The van der Waals surface area contributed by atoms with Crippen molar-refractivity contribution in [2.24, 2.45) is 0 Å². The number of carbonyl (C=O) groups excluding carboxylic acids is 1. The molecule has 1 saturated heterocycles. The number of para-hydroxylation sites is 1. The van der Waals surface area contributed by atoms with Gasteiger partial charge in [-0.3, -0.25) is 4.79 Å². The molecule has 8 nitrogen and oxygen atoms in total. The molecule has 1 amide bonds. The summed E-state index contributed by atoms with van der Waals surface area (Å²) < 4.78 is 6.06. The fourth-order valence-corrected chi connectivity index (χ4v) is 3.37. The van der Waals surface area contributed by atoms with E-state index in [0.29, 0.717) is 17.6 Å². The Labute approximate surface area is 175 Å². The lowest BCUT2D eigenvalue weighted by Gasteiger charge is -2.32. The zero-order valence-corrected chi connectivity index (χ0v) is 16.8. The normalized spacial score (nSPS) is 14.2. The standard InChI is InChI=1S/C22H24N6O2/c1-16(29)25-17-6-5-7-18(14-17)26-21-23-15-24-22(27-21)28-12-10-20(11-13-28)30-19-8-3-2-4-9-19/h2-9,14-15,20H,10-13H2,1H3,(H,25,29)(H,23,24,26,27). The average molecular weight is 404 g/mol. The van der Waals surface area contributed by atoms with Gasteiger partial charge in [0.15, 0.2) is 0 Å². The van der Waals surface area contributed by atoms with Crippen molar-refractivity contribution in [3.05, 3.63) is 60.9 Å². The van der Waals surface area contributed by atoms with Crippen LogP contribution in [0.1, 0.15) is 19.8 Å². The van der Waals surface area contributed by atoms with Gasteiger partial charge in [0.2, 0.25) is 17.8 Å². The summed E-state index contributed by atoms with van der Waals surface area (Å²) in [6, 6.07) is 17.3. The molecule has 1 aliphatic heterocycles. The first kappa shape index (κ1) is 19.6. The molecule has 0 unspecified atom stereocenters. The van der Waals surface area contributed by atoms with Crippen LogP contribution in [0.4, 0.5) is 23.3 Å². The Morgan fingerprint density at radius 3 is 2.57 bits per heavy atom. The van der Waals surface area contributed by atoms with Crippen LogP contribution >= 0.6 is 0 Å². The first-order valence-electron chi connectivity index (χ1n) is 9.96. The molecule has 1 fully saturated rings. The average Bonchev–Trinajstić information content (AvgIpc) is 2.75. The summed E-state index contributed by atoms with van der Waals surface area (Å²) in [6.07, 6.45) is 3.51. The molecule has 0 radical (unpaired) electrons. The maximum absolute atomic E-state index is 11.2.